The van der Waals surface area contributed by atoms with Crippen LogP contribution in [-0.4, -0.2) is 53.2 Å². The second kappa shape index (κ2) is 9.21. The van der Waals surface area contributed by atoms with E-state index in [1.165, 1.54) is 6.33 Å². The first kappa shape index (κ1) is 18.9. The molecule has 3 rings (SSSR count). The SMILES string of the molecule is CCOc1ccc(C(=O)N2CCC(Oc3ccncn3)CC2)cc1OCC. The van der Waals surface area contributed by atoms with Gasteiger partial charge in [0.2, 0.25) is 5.88 Å². The minimum atomic E-state index is -0.000474. The highest BCUT2D eigenvalue weighted by atomic mass is 16.5. The molecule has 27 heavy (non-hydrogen) atoms. The molecule has 2 aromatic rings. The van der Waals surface area contributed by atoms with E-state index in [1.54, 1.807) is 30.5 Å². The Morgan fingerprint density at radius 2 is 1.85 bits per heavy atom. The second-order valence-corrected chi connectivity index (χ2v) is 6.18. The molecule has 7 heteroatoms. The van der Waals surface area contributed by atoms with Crippen molar-refractivity contribution in [3.63, 3.8) is 0 Å². The molecule has 2 heterocycles. The van der Waals surface area contributed by atoms with Gasteiger partial charge in [-0.3, -0.25) is 4.79 Å². The smallest absolute Gasteiger partial charge is 0.253 e. The summed E-state index contributed by atoms with van der Waals surface area (Å²) in [6, 6.07) is 7.10. The first-order valence-corrected chi connectivity index (χ1v) is 9.32. The van der Waals surface area contributed by atoms with Crippen molar-refractivity contribution in [3.8, 4) is 17.4 Å². The number of nitrogens with zero attached hydrogens (tertiary/aromatic N) is 3. The molecule has 0 aliphatic carbocycles. The maximum absolute atomic E-state index is 12.9. The molecule has 1 fully saturated rings. The van der Waals surface area contributed by atoms with Crippen molar-refractivity contribution in [1.29, 1.82) is 0 Å². The molecule has 1 saturated heterocycles. The van der Waals surface area contributed by atoms with Gasteiger partial charge in [-0.25, -0.2) is 9.97 Å². The van der Waals surface area contributed by atoms with Crippen LogP contribution >= 0.6 is 0 Å². The molecule has 1 aromatic heterocycles. The zero-order valence-electron chi connectivity index (χ0n) is 15.8. The molecule has 0 unspecified atom stereocenters. The predicted molar refractivity (Wildman–Crippen MR) is 100 cm³/mol. The van der Waals surface area contributed by atoms with Crippen molar-refractivity contribution >= 4 is 5.91 Å². The Balaban J connectivity index is 1.61. The molecule has 0 spiro atoms. The largest absolute Gasteiger partial charge is 0.490 e. The lowest BCUT2D eigenvalue weighted by atomic mass is 10.1. The summed E-state index contributed by atoms with van der Waals surface area (Å²) in [6.45, 7) is 6.18. The lowest BCUT2D eigenvalue weighted by Gasteiger charge is -2.32. The molecule has 1 aromatic carbocycles. The Labute approximate surface area is 159 Å². The van der Waals surface area contributed by atoms with E-state index in [1.807, 2.05) is 18.7 Å². The number of rotatable bonds is 7. The Morgan fingerprint density at radius 1 is 1.11 bits per heavy atom. The quantitative estimate of drug-likeness (QED) is 0.745. The highest BCUT2D eigenvalue weighted by Crippen LogP contribution is 2.29. The topological polar surface area (TPSA) is 73.8 Å². The van der Waals surface area contributed by atoms with Gasteiger partial charge in [0, 0.05) is 43.8 Å². The van der Waals surface area contributed by atoms with E-state index >= 15 is 0 Å². The summed E-state index contributed by atoms with van der Waals surface area (Å²) < 4.78 is 17.0. The van der Waals surface area contributed by atoms with Crippen LogP contribution in [0.5, 0.6) is 17.4 Å². The number of carbonyl (C=O) groups excluding carboxylic acids is 1. The Bertz CT molecular complexity index is 746. The number of benzene rings is 1. The van der Waals surface area contributed by atoms with Crippen molar-refractivity contribution in [2.45, 2.75) is 32.8 Å². The van der Waals surface area contributed by atoms with E-state index in [0.29, 0.717) is 49.2 Å². The Morgan fingerprint density at radius 3 is 2.52 bits per heavy atom. The van der Waals surface area contributed by atoms with E-state index in [2.05, 4.69) is 9.97 Å². The van der Waals surface area contributed by atoms with E-state index in [4.69, 9.17) is 14.2 Å². The second-order valence-electron chi connectivity index (χ2n) is 6.18. The van der Waals surface area contributed by atoms with Gasteiger partial charge in [0.25, 0.3) is 5.91 Å². The first-order valence-electron chi connectivity index (χ1n) is 9.32. The molecule has 1 amide bonds. The summed E-state index contributed by atoms with van der Waals surface area (Å²) in [7, 11) is 0. The molecule has 0 bridgehead atoms. The molecule has 144 valence electrons. The fraction of sp³-hybridized carbons (Fsp3) is 0.450. The van der Waals surface area contributed by atoms with Crippen molar-refractivity contribution in [3.05, 3.63) is 42.4 Å². The maximum Gasteiger partial charge on any atom is 0.253 e. The van der Waals surface area contributed by atoms with Crippen LogP contribution in [0.15, 0.2) is 36.8 Å². The highest BCUT2D eigenvalue weighted by molar-refractivity contribution is 5.95. The van der Waals surface area contributed by atoms with E-state index in [9.17, 15) is 4.79 Å². The van der Waals surface area contributed by atoms with Crippen LogP contribution in [0.1, 0.15) is 37.0 Å². The summed E-state index contributed by atoms with van der Waals surface area (Å²) in [5.41, 5.74) is 0.608. The van der Waals surface area contributed by atoms with E-state index in [-0.39, 0.29) is 12.0 Å². The molecule has 0 N–H and O–H groups in total. The van der Waals surface area contributed by atoms with Crippen LogP contribution in [0.4, 0.5) is 0 Å². The number of amides is 1. The van der Waals surface area contributed by atoms with Gasteiger partial charge >= 0.3 is 0 Å². The fourth-order valence-electron chi connectivity index (χ4n) is 3.06. The lowest BCUT2D eigenvalue weighted by molar-refractivity contribution is 0.0587. The number of piperidine rings is 1. The van der Waals surface area contributed by atoms with Crippen LogP contribution in [0.2, 0.25) is 0 Å². The Kier molecular flexibility index (Phi) is 6.46. The monoisotopic (exact) mass is 371 g/mol. The van der Waals surface area contributed by atoms with Crippen molar-refractivity contribution < 1.29 is 19.0 Å². The minimum Gasteiger partial charge on any atom is -0.490 e. The molecule has 1 aliphatic heterocycles. The number of carbonyl (C=O) groups is 1. The summed E-state index contributed by atoms with van der Waals surface area (Å²) >= 11 is 0. The van der Waals surface area contributed by atoms with Crippen molar-refractivity contribution in [2.24, 2.45) is 0 Å². The third-order valence-electron chi connectivity index (χ3n) is 4.36. The summed E-state index contributed by atoms with van der Waals surface area (Å²) in [6.07, 6.45) is 4.72. The number of likely N-dealkylation sites (tertiary alicyclic amines) is 1. The van der Waals surface area contributed by atoms with Gasteiger partial charge in [0.05, 0.1) is 13.2 Å². The van der Waals surface area contributed by atoms with Gasteiger partial charge in [-0.2, -0.15) is 0 Å². The fourth-order valence-corrected chi connectivity index (χ4v) is 3.06. The van der Waals surface area contributed by atoms with E-state index in [0.717, 1.165) is 12.8 Å². The van der Waals surface area contributed by atoms with Crippen LogP contribution in [-0.2, 0) is 0 Å². The third kappa shape index (κ3) is 4.87. The lowest BCUT2D eigenvalue weighted by Crippen LogP contribution is -2.41. The van der Waals surface area contributed by atoms with E-state index < -0.39 is 0 Å². The molecule has 0 atom stereocenters. The van der Waals surface area contributed by atoms with Crippen LogP contribution in [0, 0.1) is 0 Å². The Hall–Kier alpha value is -2.83. The molecule has 0 saturated carbocycles. The molecular formula is C20H25N3O4. The van der Waals surface area contributed by atoms with Gasteiger partial charge in [-0.05, 0) is 32.0 Å². The maximum atomic E-state index is 12.9. The number of ether oxygens (including phenoxy) is 3. The summed E-state index contributed by atoms with van der Waals surface area (Å²) in [4.78, 5) is 22.7. The average molecular weight is 371 g/mol. The number of aromatic nitrogens is 2. The van der Waals surface area contributed by atoms with Crippen LogP contribution in [0.3, 0.4) is 0 Å². The molecular weight excluding hydrogens is 346 g/mol. The molecule has 7 nitrogen and oxygen atoms in total. The van der Waals surface area contributed by atoms with Gasteiger partial charge in [0.15, 0.2) is 11.5 Å². The minimum absolute atomic E-state index is 0.000474. The summed E-state index contributed by atoms with van der Waals surface area (Å²) in [5.74, 6) is 1.84. The van der Waals surface area contributed by atoms with Gasteiger partial charge < -0.3 is 19.1 Å². The van der Waals surface area contributed by atoms with Crippen LogP contribution < -0.4 is 14.2 Å². The highest BCUT2D eigenvalue weighted by Gasteiger charge is 2.25. The predicted octanol–water partition coefficient (Wildman–Crippen LogP) is 2.96. The van der Waals surface area contributed by atoms with Gasteiger partial charge in [0.1, 0.15) is 12.4 Å². The normalized spacial score (nSPS) is 14.7. The zero-order valence-corrected chi connectivity index (χ0v) is 15.8. The number of hydrogen-bond acceptors (Lipinski definition) is 6. The standard InChI is InChI=1S/C20H25N3O4/c1-3-25-17-6-5-15(13-18(17)26-4-2)20(24)23-11-8-16(9-12-23)27-19-7-10-21-14-22-19/h5-7,10,13-14,16H,3-4,8-9,11-12H2,1-2H3. The molecule has 1 aliphatic rings. The van der Waals surface area contributed by atoms with Gasteiger partial charge in [-0.15, -0.1) is 0 Å². The van der Waals surface area contributed by atoms with Crippen molar-refractivity contribution in [1.82, 2.24) is 14.9 Å². The zero-order chi connectivity index (χ0) is 19.1. The van der Waals surface area contributed by atoms with Crippen LogP contribution in [0.25, 0.3) is 0 Å². The first-order chi connectivity index (χ1) is 13.2. The average Bonchev–Trinajstić information content (AvgIpc) is 2.70. The number of hydrogen-bond donors (Lipinski definition) is 0. The molecule has 0 radical (unpaired) electrons. The summed E-state index contributed by atoms with van der Waals surface area (Å²) in [5, 5.41) is 0. The van der Waals surface area contributed by atoms with Crippen molar-refractivity contribution in [2.75, 3.05) is 26.3 Å². The third-order valence-corrected chi connectivity index (χ3v) is 4.36. The van der Waals surface area contributed by atoms with Gasteiger partial charge in [-0.1, -0.05) is 0 Å².